The molecule has 0 bridgehead atoms. The molecule has 6 N–H and O–H groups in total. The van der Waals surface area contributed by atoms with E-state index in [0.717, 1.165) is 0 Å². The fraction of sp³-hybridized carbons (Fsp3) is 0.450. The number of pyridine rings is 1. The minimum atomic E-state index is -0.790. The van der Waals surface area contributed by atoms with E-state index in [1.165, 1.54) is 18.5 Å². The number of fused-ring (bicyclic) bond motifs is 1. The van der Waals surface area contributed by atoms with E-state index in [2.05, 4.69) is 20.3 Å². The number of carbonyl (C=O) groups excluding carboxylic acids is 2. The molecule has 2 amide bonds. The van der Waals surface area contributed by atoms with Crippen molar-refractivity contribution in [1.82, 2.24) is 25.2 Å². The summed E-state index contributed by atoms with van der Waals surface area (Å²) >= 11 is 0. The molecule has 32 heavy (non-hydrogen) atoms. The number of nitrogen functional groups attached to an aromatic ring is 2. The number of aromatic nitrogens is 3. The number of nitrogens with two attached hydrogens (primary N) is 2. The molecule has 0 aromatic carbocycles. The first-order valence-electron chi connectivity index (χ1n) is 10.2. The molecule has 4 rings (SSSR count). The maximum absolute atomic E-state index is 12.8. The maximum atomic E-state index is 12.8. The highest BCUT2D eigenvalue weighted by Gasteiger charge is 2.45. The molecule has 12 nitrogen and oxygen atoms in total. The van der Waals surface area contributed by atoms with Crippen LogP contribution in [0.3, 0.4) is 0 Å². The van der Waals surface area contributed by atoms with E-state index in [0.29, 0.717) is 57.1 Å². The van der Waals surface area contributed by atoms with Gasteiger partial charge in [-0.3, -0.25) is 14.6 Å². The summed E-state index contributed by atoms with van der Waals surface area (Å²) in [5.74, 6) is 0.113. The number of nitrogens with zero attached hydrogens (tertiary/aromatic N) is 4. The van der Waals surface area contributed by atoms with Crippen LogP contribution >= 0.6 is 0 Å². The fourth-order valence-electron chi connectivity index (χ4n) is 3.85. The quantitative estimate of drug-likeness (QED) is 0.439. The lowest BCUT2D eigenvalue weighted by Gasteiger charge is -2.31. The minimum absolute atomic E-state index is 0.0318. The topological polar surface area (TPSA) is 179 Å². The van der Waals surface area contributed by atoms with Gasteiger partial charge in [0.05, 0.1) is 37.1 Å². The van der Waals surface area contributed by atoms with Crippen molar-refractivity contribution in [1.29, 1.82) is 0 Å². The van der Waals surface area contributed by atoms with Crippen LogP contribution in [0.5, 0.6) is 11.6 Å². The van der Waals surface area contributed by atoms with E-state index in [1.807, 2.05) is 0 Å². The van der Waals surface area contributed by atoms with Crippen molar-refractivity contribution in [2.24, 2.45) is 0 Å². The second kappa shape index (κ2) is 8.83. The highest BCUT2D eigenvalue weighted by atomic mass is 16.6. The van der Waals surface area contributed by atoms with Crippen molar-refractivity contribution in [3.63, 3.8) is 0 Å². The number of ether oxygens (including phenoxy) is 2. The van der Waals surface area contributed by atoms with Crippen LogP contribution in [-0.2, 0) is 16.0 Å². The maximum Gasteiger partial charge on any atom is 0.252 e. The molecule has 4 heterocycles. The summed E-state index contributed by atoms with van der Waals surface area (Å²) in [5, 5.41) is 12.1. The lowest BCUT2D eigenvalue weighted by molar-refractivity contribution is -0.133. The zero-order valence-corrected chi connectivity index (χ0v) is 17.4. The molecule has 0 saturated carbocycles. The van der Waals surface area contributed by atoms with Gasteiger partial charge >= 0.3 is 0 Å². The van der Waals surface area contributed by atoms with Crippen LogP contribution in [0, 0.1) is 0 Å². The molecule has 2 aromatic heterocycles. The highest BCUT2D eigenvalue weighted by molar-refractivity contribution is 5.94. The molecule has 170 valence electrons. The van der Waals surface area contributed by atoms with Gasteiger partial charge < -0.3 is 36.3 Å². The number of hydrogen-bond acceptors (Lipinski definition) is 10. The summed E-state index contributed by atoms with van der Waals surface area (Å²) in [6, 6.07) is 1.33. The Hall–Kier alpha value is -3.67. The molecule has 12 heteroatoms. The Bertz CT molecular complexity index is 1030. The number of anilines is 2. The van der Waals surface area contributed by atoms with E-state index < -0.39 is 5.60 Å². The fourth-order valence-corrected chi connectivity index (χ4v) is 3.85. The summed E-state index contributed by atoms with van der Waals surface area (Å²) < 4.78 is 11.8. The molecule has 0 unspecified atom stereocenters. The first-order valence-corrected chi connectivity index (χ1v) is 10.2. The van der Waals surface area contributed by atoms with Gasteiger partial charge in [0.1, 0.15) is 11.6 Å². The number of amides is 2. The number of nitrogens with one attached hydrogen (secondary N) is 1. The van der Waals surface area contributed by atoms with Gasteiger partial charge in [-0.05, 0) is 12.5 Å². The Balaban J connectivity index is 1.31. The van der Waals surface area contributed by atoms with Gasteiger partial charge in [0.25, 0.3) is 5.91 Å². The molecule has 0 aliphatic carbocycles. The normalized spacial score (nSPS) is 19.8. The third-order valence-electron chi connectivity index (χ3n) is 5.37. The Morgan fingerprint density at radius 2 is 2.12 bits per heavy atom. The van der Waals surface area contributed by atoms with Gasteiger partial charge in [-0.2, -0.15) is 9.97 Å². The molecular weight excluding hydrogens is 418 g/mol. The third kappa shape index (κ3) is 4.64. The van der Waals surface area contributed by atoms with Crippen LogP contribution in [-0.4, -0.2) is 75.2 Å². The van der Waals surface area contributed by atoms with Crippen molar-refractivity contribution in [2.75, 3.05) is 44.3 Å². The molecule has 1 atom stereocenters. The van der Waals surface area contributed by atoms with E-state index in [1.54, 1.807) is 4.90 Å². The van der Waals surface area contributed by atoms with Gasteiger partial charge in [-0.15, -0.1) is 0 Å². The van der Waals surface area contributed by atoms with Gasteiger partial charge in [0.15, 0.2) is 5.60 Å². The van der Waals surface area contributed by atoms with Crippen LogP contribution in [0.4, 0.5) is 11.8 Å². The lowest BCUT2D eigenvalue weighted by Crippen LogP contribution is -2.50. The second-order valence-corrected chi connectivity index (χ2v) is 7.87. The SMILES string of the molecule is Nc1nc(N)c2c(n1)O[C@@]1(COCCN(C(=O)CCCNC(=O)c3cncc(O)c3)C1)C2. The summed E-state index contributed by atoms with van der Waals surface area (Å²) in [6.07, 6.45) is 3.73. The molecule has 0 radical (unpaired) electrons. The van der Waals surface area contributed by atoms with Crippen molar-refractivity contribution in [2.45, 2.75) is 24.9 Å². The predicted molar refractivity (Wildman–Crippen MR) is 113 cm³/mol. The summed E-state index contributed by atoms with van der Waals surface area (Å²) in [6.45, 7) is 1.75. The standard InChI is InChI=1S/C20H25N7O5/c21-16-14-7-20(32-18(14)26-19(22)25-16)10-27(4-5-31-11-20)15(29)2-1-3-24-17(30)12-6-13(28)9-23-8-12/h6,8-9,28H,1-5,7,10-11H2,(H,24,30)(H4,21,22,25,26)/t20-/m0/s1. The van der Waals surface area contributed by atoms with Crippen LogP contribution < -0.4 is 21.5 Å². The van der Waals surface area contributed by atoms with Crippen LogP contribution in [0.1, 0.15) is 28.8 Å². The largest absolute Gasteiger partial charge is 0.506 e. The van der Waals surface area contributed by atoms with Gasteiger partial charge in [-0.1, -0.05) is 0 Å². The number of hydrogen-bond donors (Lipinski definition) is 4. The zero-order valence-electron chi connectivity index (χ0n) is 17.4. The Morgan fingerprint density at radius 1 is 1.28 bits per heavy atom. The van der Waals surface area contributed by atoms with E-state index in [-0.39, 0.29) is 41.3 Å². The summed E-state index contributed by atoms with van der Waals surface area (Å²) in [5.41, 5.74) is 11.8. The van der Waals surface area contributed by atoms with Crippen LogP contribution in [0.15, 0.2) is 18.5 Å². The average molecular weight is 443 g/mol. The monoisotopic (exact) mass is 443 g/mol. The molecule has 2 aromatic rings. The van der Waals surface area contributed by atoms with Crippen molar-refractivity contribution in [3.8, 4) is 11.6 Å². The van der Waals surface area contributed by atoms with Crippen LogP contribution in [0.2, 0.25) is 0 Å². The first-order chi connectivity index (χ1) is 15.3. The van der Waals surface area contributed by atoms with Gasteiger partial charge in [-0.25, -0.2) is 0 Å². The number of aromatic hydroxyl groups is 1. The third-order valence-corrected chi connectivity index (χ3v) is 5.37. The summed E-state index contributed by atoms with van der Waals surface area (Å²) in [7, 11) is 0. The number of carbonyl (C=O) groups is 2. The van der Waals surface area contributed by atoms with Crippen molar-refractivity contribution in [3.05, 3.63) is 29.6 Å². The minimum Gasteiger partial charge on any atom is -0.506 e. The molecule has 2 aliphatic heterocycles. The van der Waals surface area contributed by atoms with E-state index in [9.17, 15) is 14.7 Å². The van der Waals surface area contributed by atoms with Crippen molar-refractivity contribution >= 4 is 23.6 Å². The molecular formula is C20H25N7O5. The summed E-state index contributed by atoms with van der Waals surface area (Å²) in [4.78, 5) is 38.5. The Labute approximate surface area is 183 Å². The Morgan fingerprint density at radius 3 is 2.94 bits per heavy atom. The molecule has 1 spiro atoms. The van der Waals surface area contributed by atoms with Crippen LogP contribution in [0.25, 0.3) is 0 Å². The van der Waals surface area contributed by atoms with Crippen molar-refractivity contribution < 1.29 is 24.2 Å². The molecule has 1 saturated heterocycles. The Kier molecular flexibility index (Phi) is 5.95. The van der Waals surface area contributed by atoms with E-state index in [4.69, 9.17) is 20.9 Å². The smallest absolute Gasteiger partial charge is 0.252 e. The predicted octanol–water partition coefficient (Wildman–Crippen LogP) is -0.516. The lowest BCUT2D eigenvalue weighted by atomic mass is 9.97. The van der Waals surface area contributed by atoms with Gasteiger partial charge in [0.2, 0.25) is 17.7 Å². The molecule has 1 fully saturated rings. The first kappa shape index (κ1) is 21.6. The van der Waals surface area contributed by atoms with Gasteiger partial charge in [0, 0.05) is 32.1 Å². The average Bonchev–Trinajstić information content (AvgIpc) is 2.97. The molecule has 2 aliphatic rings. The second-order valence-electron chi connectivity index (χ2n) is 7.87. The number of rotatable bonds is 5. The highest BCUT2D eigenvalue weighted by Crippen LogP contribution is 2.38. The van der Waals surface area contributed by atoms with E-state index >= 15 is 0 Å². The zero-order chi connectivity index (χ0) is 22.7.